The molecule has 1 aromatic carbocycles. The lowest BCUT2D eigenvalue weighted by atomic mass is 10.1. The number of ether oxygens (including phenoxy) is 2. The Hall–Kier alpha value is -1.88. The van der Waals surface area contributed by atoms with Gasteiger partial charge in [0.25, 0.3) is 0 Å². The van der Waals surface area contributed by atoms with E-state index in [-0.39, 0.29) is 0 Å². The number of nitroso groups, excluding NO2 is 1. The third-order valence-corrected chi connectivity index (χ3v) is 3.48. The molecule has 5 heteroatoms. The van der Waals surface area contributed by atoms with Crippen molar-refractivity contribution in [1.82, 2.24) is 4.57 Å². The van der Waals surface area contributed by atoms with Crippen LogP contribution >= 0.6 is 0 Å². The van der Waals surface area contributed by atoms with Crippen molar-refractivity contribution < 1.29 is 9.47 Å². The van der Waals surface area contributed by atoms with E-state index in [0.717, 1.165) is 22.2 Å². The summed E-state index contributed by atoms with van der Waals surface area (Å²) in [5.74, 6) is 0.492. The van der Waals surface area contributed by atoms with Crippen molar-refractivity contribution in [2.75, 3.05) is 13.7 Å². The van der Waals surface area contributed by atoms with Gasteiger partial charge in [0.1, 0.15) is 5.75 Å². The monoisotopic (exact) mass is 262 g/mol. The van der Waals surface area contributed by atoms with Crippen LogP contribution in [-0.4, -0.2) is 18.3 Å². The SMILES string of the molecule is CCOCc1c(C)n(C)c2ccc(OC)c(N=O)c12. The van der Waals surface area contributed by atoms with Crippen LogP contribution in [0, 0.1) is 11.8 Å². The maximum atomic E-state index is 11.2. The van der Waals surface area contributed by atoms with Gasteiger partial charge in [-0.05, 0) is 31.2 Å². The molecule has 0 fully saturated rings. The van der Waals surface area contributed by atoms with Crippen LogP contribution < -0.4 is 4.74 Å². The molecule has 19 heavy (non-hydrogen) atoms. The van der Waals surface area contributed by atoms with Crippen LogP contribution in [0.15, 0.2) is 17.3 Å². The average Bonchev–Trinajstić information content (AvgIpc) is 2.68. The van der Waals surface area contributed by atoms with Crippen molar-refractivity contribution in [3.05, 3.63) is 28.3 Å². The molecule has 0 bridgehead atoms. The van der Waals surface area contributed by atoms with Gasteiger partial charge in [0.15, 0.2) is 5.69 Å². The minimum Gasteiger partial charge on any atom is -0.494 e. The Morgan fingerprint density at radius 2 is 2.11 bits per heavy atom. The van der Waals surface area contributed by atoms with Crippen molar-refractivity contribution in [2.45, 2.75) is 20.5 Å². The Labute approximate surface area is 112 Å². The van der Waals surface area contributed by atoms with Crippen LogP contribution in [0.1, 0.15) is 18.2 Å². The zero-order valence-corrected chi connectivity index (χ0v) is 11.7. The number of methoxy groups -OCH3 is 1. The molecule has 2 rings (SSSR count). The summed E-state index contributed by atoms with van der Waals surface area (Å²) < 4.78 is 12.7. The van der Waals surface area contributed by atoms with Gasteiger partial charge >= 0.3 is 0 Å². The number of fused-ring (bicyclic) bond motifs is 1. The van der Waals surface area contributed by atoms with Gasteiger partial charge in [-0.1, -0.05) is 0 Å². The van der Waals surface area contributed by atoms with Crippen molar-refractivity contribution in [3.8, 4) is 5.75 Å². The Kier molecular flexibility index (Phi) is 3.85. The normalized spacial score (nSPS) is 10.9. The number of aryl methyl sites for hydroxylation is 1. The van der Waals surface area contributed by atoms with Crippen LogP contribution in [0.4, 0.5) is 5.69 Å². The minimum atomic E-state index is 0.346. The number of rotatable bonds is 5. The van der Waals surface area contributed by atoms with Crippen LogP contribution in [0.3, 0.4) is 0 Å². The van der Waals surface area contributed by atoms with Crippen LogP contribution in [0.25, 0.3) is 10.9 Å². The Balaban J connectivity index is 2.77. The first-order chi connectivity index (χ1) is 9.15. The first-order valence-electron chi connectivity index (χ1n) is 6.21. The van der Waals surface area contributed by atoms with E-state index in [9.17, 15) is 4.91 Å². The summed E-state index contributed by atoms with van der Waals surface area (Å²) in [7, 11) is 3.50. The number of aromatic nitrogens is 1. The fourth-order valence-electron chi connectivity index (χ4n) is 2.34. The summed E-state index contributed by atoms with van der Waals surface area (Å²) in [5, 5.41) is 3.97. The summed E-state index contributed by atoms with van der Waals surface area (Å²) in [4.78, 5) is 11.2. The van der Waals surface area contributed by atoms with Gasteiger partial charge in [0.05, 0.1) is 19.2 Å². The van der Waals surface area contributed by atoms with Crippen LogP contribution in [0.5, 0.6) is 5.75 Å². The highest BCUT2D eigenvalue weighted by atomic mass is 16.5. The van der Waals surface area contributed by atoms with Gasteiger partial charge in [-0.2, -0.15) is 0 Å². The van der Waals surface area contributed by atoms with Crippen molar-refractivity contribution in [2.24, 2.45) is 12.2 Å². The smallest absolute Gasteiger partial charge is 0.159 e. The second kappa shape index (κ2) is 5.40. The zero-order chi connectivity index (χ0) is 14.0. The van der Waals surface area contributed by atoms with Gasteiger partial charge in [0.2, 0.25) is 0 Å². The topological polar surface area (TPSA) is 52.8 Å². The summed E-state index contributed by atoms with van der Waals surface area (Å²) in [6, 6.07) is 3.70. The Bertz CT molecular complexity index is 617. The highest BCUT2D eigenvalue weighted by Crippen LogP contribution is 2.40. The zero-order valence-electron chi connectivity index (χ0n) is 11.7. The van der Waals surface area contributed by atoms with Crippen molar-refractivity contribution in [3.63, 3.8) is 0 Å². The van der Waals surface area contributed by atoms with Gasteiger partial charge in [-0.15, -0.1) is 4.91 Å². The molecule has 0 aliphatic rings. The van der Waals surface area contributed by atoms with Gasteiger partial charge < -0.3 is 14.0 Å². The number of nitrogens with zero attached hydrogens (tertiary/aromatic N) is 2. The molecule has 0 saturated carbocycles. The number of hydrogen-bond acceptors (Lipinski definition) is 4. The second-order valence-corrected chi connectivity index (χ2v) is 4.36. The Morgan fingerprint density at radius 3 is 2.68 bits per heavy atom. The first kappa shape index (κ1) is 13.5. The summed E-state index contributed by atoms with van der Waals surface area (Å²) in [6.45, 7) is 5.05. The minimum absolute atomic E-state index is 0.346. The molecular weight excluding hydrogens is 244 g/mol. The maximum absolute atomic E-state index is 11.2. The maximum Gasteiger partial charge on any atom is 0.159 e. The van der Waals surface area contributed by atoms with E-state index in [2.05, 4.69) is 5.18 Å². The quantitative estimate of drug-likeness (QED) is 0.776. The van der Waals surface area contributed by atoms with E-state index in [0.29, 0.717) is 24.7 Å². The molecule has 0 saturated heterocycles. The largest absolute Gasteiger partial charge is 0.494 e. The average molecular weight is 262 g/mol. The number of hydrogen-bond donors (Lipinski definition) is 0. The van der Waals surface area contributed by atoms with E-state index in [4.69, 9.17) is 9.47 Å². The molecule has 5 nitrogen and oxygen atoms in total. The summed E-state index contributed by atoms with van der Waals surface area (Å²) in [5.41, 5.74) is 3.37. The van der Waals surface area contributed by atoms with Gasteiger partial charge in [0, 0.05) is 30.3 Å². The summed E-state index contributed by atoms with van der Waals surface area (Å²) in [6.07, 6.45) is 0. The molecule has 0 amide bonds. The second-order valence-electron chi connectivity index (χ2n) is 4.36. The molecule has 0 aliphatic heterocycles. The molecular formula is C14H18N2O3. The Morgan fingerprint density at radius 1 is 1.37 bits per heavy atom. The lowest BCUT2D eigenvalue weighted by Crippen LogP contribution is -1.95. The van der Waals surface area contributed by atoms with Gasteiger partial charge in [-0.25, -0.2) is 0 Å². The van der Waals surface area contributed by atoms with E-state index in [1.807, 2.05) is 31.5 Å². The predicted molar refractivity (Wildman–Crippen MR) is 75.0 cm³/mol. The fourth-order valence-corrected chi connectivity index (χ4v) is 2.34. The molecule has 0 atom stereocenters. The first-order valence-corrected chi connectivity index (χ1v) is 6.21. The molecule has 2 aromatic rings. The lowest BCUT2D eigenvalue weighted by Gasteiger charge is -2.06. The summed E-state index contributed by atoms with van der Waals surface area (Å²) >= 11 is 0. The van der Waals surface area contributed by atoms with Crippen LogP contribution in [-0.2, 0) is 18.4 Å². The van der Waals surface area contributed by atoms with Crippen molar-refractivity contribution >= 4 is 16.6 Å². The molecule has 1 heterocycles. The molecule has 0 N–H and O–H groups in total. The highest BCUT2D eigenvalue weighted by Gasteiger charge is 2.19. The molecule has 0 spiro atoms. The van der Waals surface area contributed by atoms with E-state index in [1.165, 1.54) is 7.11 Å². The standard InChI is InChI=1S/C14H18N2O3/c1-5-19-8-10-9(2)16(3)11-6-7-12(18-4)14(15-17)13(10)11/h6-7H,5,8H2,1-4H3. The molecule has 1 aromatic heterocycles. The van der Waals surface area contributed by atoms with E-state index < -0.39 is 0 Å². The third kappa shape index (κ3) is 2.10. The number of benzene rings is 1. The van der Waals surface area contributed by atoms with E-state index in [1.54, 1.807) is 6.07 Å². The van der Waals surface area contributed by atoms with Crippen molar-refractivity contribution in [1.29, 1.82) is 0 Å². The highest BCUT2D eigenvalue weighted by molar-refractivity contribution is 5.97. The van der Waals surface area contributed by atoms with E-state index >= 15 is 0 Å². The predicted octanol–water partition coefficient (Wildman–Crippen LogP) is 3.43. The third-order valence-electron chi connectivity index (χ3n) is 3.48. The molecule has 102 valence electrons. The van der Waals surface area contributed by atoms with Crippen LogP contribution in [0.2, 0.25) is 0 Å². The lowest BCUT2D eigenvalue weighted by molar-refractivity contribution is 0.134. The van der Waals surface area contributed by atoms with Gasteiger partial charge in [-0.3, -0.25) is 0 Å². The molecule has 0 unspecified atom stereocenters. The fraction of sp³-hybridized carbons (Fsp3) is 0.429. The molecule has 0 aliphatic carbocycles. The molecule has 0 radical (unpaired) electrons.